The summed E-state index contributed by atoms with van der Waals surface area (Å²) in [6.45, 7) is 0. The van der Waals surface area contributed by atoms with E-state index < -0.39 is 32.4 Å². The van der Waals surface area contributed by atoms with E-state index in [1.165, 1.54) is 0 Å². The molecule has 0 atom stereocenters. The molecule has 9 nitrogen and oxygen atoms in total. The first-order valence-electron chi connectivity index (χ1n) is 1.39. The third kappa shape index (κ3) is 1500. The molecule has 0 aliphatic rings. The van der Waals surface area contributed by atoms with Gasteiger partial charge in [-0.2, -0.15) is 0 Å². The Morgan fingerprint density at radius 2 is 0.385 bits per heavy atom. The smallest absolute Gasteiger partial charge is 0.357 e. The molecule has 0 unspecified atom stereocenters. The van der Waals surface area contributed by atoms with Gasteiger partial charge in [-0.25, -0.2) is 0 Å². The maximum atomic E-state index is 8.41. The van der Waals surface area contributed by atoms with Gasteiger partial charge in [-0.1, -0.05) is 0 Å². The van der Waals surface area contributed by atoms with Crippen LogP contribution in [-0.2, 0) is 17.1 Å². The molecule has 13 heavy (non-hydrogen) atoms. The van der Waals surface area contributed by atoms with Gasteiger partial charge in [0.2, 0.25) is 0 Å². The summed E-state index contributed by atoms with van der Waals surface area (Å²) in [5.74, 6) is 0. The van der Waals surface area contributed by atoms with Crippen LogP contribution >= 0.6 is 0 Å². The molecule has 83 valence electrons. The second kappa shape index (κ2) is 18.7. The Kier molecular flexibility index (Phi) is 34.1. The Morgan fingerprint density at radius 3 is 0.385 bits per heavy atom. The SMILES string of the molecule is [Fe+3].[O-][Cl+2]([O-])[O-].[O-][Cl+2]([O-])[O-].[O-][Cl+2]([O-])[O-]. The van der Waals surface area contributed by atoms with E-state index >= 15 is 0 Å². The van der Waals surface area contributed by atoms with E-state index in [0.717, 1.165) is 0 Å². The molecule has 13 heteroatoms. The van der Waals surface area contributed by atoms with Crippen LogP contribution in [0.1, 0.15) is 0 Å². The predicted molar refractivity (Wildman–Crippen MR) is 0 cm³/mol. The average Bonchev–Trinajstić information content (AvgIpc) is 1.54. The van der Waals surface area contributed by atoms with Crippen LogP contribution in [0.15, 0.2) is 0 Å². The number of hydrogen-bond acceptors (Lipinski definition) is 9. The molecular weight excluding hydrogens is 306 g/mol. The molecule has 0 N–H and O–H groups in total. The van der Waals surface area contributed by atoms with Gasteiger partial charge in [0.1, 0.15) is 0 Å². The molecule has 0 heterocycles. The third-order valence-corrected chi connectivity index (χ3v) is 0. The second-order valence-corrected chi connectivity index (χ2v) is 1.70. The Morgan fingerprint density at radius 1 is 0.385 bits per heavy atom. The monoisotopic (exact) mass is 305 g/mol. The third-order valence-electron chi connectivity index (χ3n) is 0. The van der Waals surface area contributed by atoms with E-state index in [0.29, 0.717) is 0 Å². The quantitative estimate of drug-likeness (QED) is 0.388. The molecule has 0 saturated carbocycles. The van der Waals surface area contributed by atoms with Crippen molar-refractivity contribution in [3.05, 3.63) is 0 Å². The summed E-state index contributed by atoms with van der Waals surface area (Å²) >= 11 is 0. The van der Waals surface area contributed by atoms with Crippen molar-refractivity contribution < 1.29 is 91.4 Å². The molecule has 0 bridgehead atoms. The van der Waals surface area contributed by atoms with Crippen LogP contribution in [0.3, 0.4) is 0 Å². The Balaban J connectivity index is -0.0000000450. The Hall–Kier alpha value is 1.03. The second-order valence-electron chi connectivity index (χ2n) is 0.567. The molecule has 0 fully saturated rings. The summed E-state index contributed by atoms with van der Waals surface area (Å²) < 4.78 is 75.7. The van der Waals surface area contributed by atoms with Gasteiger partial charge in [-0.15, -0.1) is 0 Å². The van der Waals surface area contributed by atoms with Crippen LogP contribution in [0.5, 0.6) is 0 Å². The van der Waals surface area contributed by atoms with Crippen molar-refractivity contribution >= 4 is 0 Å². The van der Waals surface area contributed by atoms with Gasteiger partial charge in [0.05, 0.1) is 32.4 Å². The van der Waals surface area contributed by atoms with Crippen LogP contribution in [0, 0.1) is 32.4 Å². The van der Waals surface area contributed by atoms with Crippen LogP contribution in [0.2, 0.25) is 0 Å². The molecule has 0 rings (SSSR count). The standard InChI is InChI=1S/3ClO3.Fe/c3*2-1(3)4;/q3*-1;+3. The molecule has 0 aromatic heterocycles. The van der Waals surface area contributed by atoms with Gasteiger partial charge in [0, 0.05) is 0 Å². The van der Waals surface area contributed by atoms with Gasteiger partial charge < -0.3 is 41.9 Å². The molecule has 1 radical (unpaired) electrons. The van der Waals surface area contributed by atoms with Crippen molar-refractivity contribution in [1.29, 1.82) is 0 Å². The zero-order valence-electron chi connectivity index (χ0n) is 5.16. The van der Waals surface area contributed by atoms with Crippen LogP contribution < -0.4 is 41.9 Å². The van der Waals surface area contributed by atoms with Crippen molar-refractivity contribution in [1.82, 2.24) is 0 Å². The van der Waals surface area contributed by atoms with Gasteiger partial charge in [-0.05, 0) is 0 Å². The largest absolute Gasteiger partial charge is 3.00 e. The minimum Gasteiger partial charge on any atom is -0.357 e. The van der Waals surface area contributed by atoms with Crippen molar-refractivity contribution in [3.63, 3.8) is 0 Å². The normalized spacial score (nSPS) is 8.31. The number of halogens is 3. The Labute approximate surface area is 91.5 Å². The maximum absolute atomic E-state index is 8.41. The van der Waals surface area contributed by atoms with E-state index in [2.05, 4.69) is 0 Å². The van der Waals surface area contributed by atoms with Crippen molar-refractivity contribution in [2.24, 2.45) is 0 Å². The van der Waals surface area contributed by atoms with Crippen molar-refractivity contribution in [2.75, 3.05) is 0 Å². The summed E-state index contributed by atoms with van der Waals surface area (Å²) in [5, 5.41) is 0. The van der Waals surface area contributed by atoms with E-state index in [1.807, 2.05) is 0 Å². The topological polar surface area (TPSA) is 208 Å². The molecule has 0 amide bonds. The van der Waals surface area contributed by atoms with Gasteiger partial charge in [0.15, 0.2) is 0 Å². The first-order chi connectivity index (χ1) is 5.20. The van der Waals surface area contributed by atoms with Crippen LogP contribution in [0.4, 0.5) is 0 Å². The summed E-state index contributed by atoms with van der Waals surface area (Å²) in [4.78, 5) is 0. The summed E-state index contributed by atoms with van der Waals surface area (Å²) in [5.41, 5.74) is 0. The minimum absolute atomic E-state index is 0. The first-order valence-corrected chi connectivity index (χ1v) is 4.17. The van der Waals surface area contributed by atoms with Gasteiger partial charge >= 0.3 is 17.1 Å². The molecule has 0 aromatic carbocycles. The molecule has 0 aliphatic carbocycles. The summed E-state index contributed by atoms with van der Waals surface area (Å²) in [6.07, 6.45) is 0. The van der Waals surface area contributed by atoms with Crippen molar-refractivity contribution in [3.8, 4) is 0 Å². The molecule has 0 saturated heterocycles. The fourth-order valence-electron chi connectivity index (χ4n) is 0. The predicted octanol–water partition coefficient (Wildman–Crippen LogP) is -10.7. The first kappa shape index (κ1) is 23.7. The molecule has 0 spiro atoms. The fraction of sp³-hybridized carbons (Fsp3) is 0. The number of rotatable bonds is 0. The fourth-order valence-corrected chi connectivity index (χ4v) is 0. The Bertz CT molecular complexity index is 43.4. The van der Waals surface area contributed by atoms with Crippen LogP contribution in [0.25, 0.3) is 0 Å². The van der Waals surface area contributed by atoms with E-state index in [9.17, 15) is 0 Å². The zero-order valence-corrected chi connectivity index (χ0v) is 8.53. The maximum Gasteiger partial charge on any atom is 3.00 e. The summed E-state index contributed by atoms with van der Waals surface area (Å²) in [6, 6.07) is 0. The molecule has 0 aromatic rings. The van der Waals surface area contributed by atoms with Crippen molar-refractivity contribution in [2.45, 2.75) is 0 Å². The van der Waals surface area contributed by atoms with E-state index in [-0.39, 0.29) is 17.1 Å². The molecule has 0 aliphatic heterocycles. The number of hydrogen-bond donors (Lipinski definition) is 0. The minimum atomic E-state index is -2.85. The van der Waals surface area contributed by atoms with Crippen LogP contribution in [-0.4, -0.2) is 0 Å². The van der Waals surface area contributed by atoms with Gasteiger partial charge in [0.25, 0.3) is 0 Å². The van der Waals surface area contributed by atoms with E-state index in [1.54, 1.807) is 0 Å². The zero-order chi connectivity index (χ0) is 10.7. The summed E-state index contributed by atoms with van der Waals surface area (Å²) in [7, 11) is -8.56. The van der Waals surface area contributed by atoms with E-state index in [4.69, 9.17) is 41.9 Å². The average molecular weight is 306 g/mol. The molecular formula is Cl3FeO9. The van der Waals surface area contributed by atoms with Gasteiger partial charge in [-0.3, -0.25) is 0 Å².